The lowest BCUT2D eigenvalue weighted by Gasteiger charge is -2.22. The molecule has 162 valence electrons. The van der Waals surface area contributed by atoms with Gasteiger partial charge in [0.15, 0.2) is 5.43 Å². The zero-order chi connectivity index (χ0) is 22.6. The van der Waals surface area contributed by atoms with E-state index in [2.05, 4.69) is 10.2 Å². The van der Waals surface area contributed by atoms with Crippen molar-refractivity contribution in [1.82, 2.24) is 10.2 Å². The Balaban J connectivity index is 1.78. The van der Waals surface area contributed by atoms with Gasteiger partial charge < -0.3 is 4.42 Å². The normalized spacial score (nSPS) is 15.6. The molecule has 1 aliphatic heterocycles. The summed E-state index contributed by atoms with van der Waals surface area (Å²) >= 11 is 19.8. The Labute approximate surface area is 201 Å². The first-order valence-corrected chi connectivity index (χ1v) is 11.7. The van der Waals surface area contributed by atoms with Crippen LogP contribution in [0.15, 0.2) is 45.6 Å². The highest BCUT2D eigenvalue weighted by Gasteiger charge is 2.45. The van der Waals surface area contributed by atoms with Crippen LogP contribution in [0.1, 0.15) is 46.1 Å². The molecule has 0 N–H and O–H groups in total. The number of fused-ring (bicyclic) bond motifs is 2. The Bertz CT molecular complexity index is 1450. The quantitative estimate of drug-likeness (QED) is 0.324. The molecule has 32 heavy (non-hydrogen) atoms. The van der Waals surface area contributed by atoms with E-state index in [1.165, 1.54) is 22.3 Å². The third-order valence-electron chi connectivity index (χ3n) is 5.22. The van der Waals surface area contributed by atoms with Crippen LogP contribution in [0.3, 0.4) is 0 Å². The Kier molecular flexibility index (Phi) is 5.45. The maximum Gasteiger partial charge on any atom is 0.297 e. The summed E-state index contributed by atoms with van der Waals surface area (Å²) in [6.45, 7) is 2.04. The van der Waals surface area contributed by atoms with Gasteiger partial charge >= 0.3 is 0 Å². The molecule has 3 heterocycles. The van der Waals surface area contributed by atoms with Crippen LogP contribution in [0.25, 0.3) is 11.0 Å². The van der Waals surface area contributed by atoms with Crippen molar-refractivity contribution in [3.63, 3.8) is 0 Å². The van der Waals surface area contributed by atoms with Crippen LogP contribution in [0.2, 0.25) is 15.1 Å². The number of carbonyl (C=O) groups is 1. The Morgan fingerprint density at radius 3 is 2.62 bits per heavy atom. The fraction of sp³-hybridized carbons (Fsp3) is 0.182. The topological polar surface area (TPSA) is 76.3 Å². The zero-order valence-corrected chi connectivity index (χ0v) is 19.6. The van der Waals surface area contributed by atoms with Crippen molar-refractivity contribution in [2.75, 3.05) is 4.90 Å². The molecule has 1 amide bonds. The van der Waals surface area contributed by atoms with Crippen molar-refractivity contribution >= 4 is 68.1 Å². The monoisotopic (exact) mass is 505 g/mol. The van der Waals surface area contributed by atoms with Gasteiger partial charge in [0, 0.05) is 11.4 Å². The molecular weight excluding hydrogens is 493 g/mol. The molecule has 6 nitrogen and oxygen atoms in total. The molecule has 0 spiro atoms. The summed E-state index contributed by atoms with van der Waals surface area (Å²) in [4.78, 5) is 28.5. The fourth-order valence-electron chi connectivity index (χ4n) is 3.80. The highest BCUT2D eigenvalue weighted by molar-refractivity contribution is 7.15. The van der Waals surface area contributed by atoms with E-state index in [0.29, 0.717) is 31.1 Å². The number of rotatable bonds is 4. The van der Waals surface area contributed by atoms with E-state index in [1.807, 2.05) is 6.92 Å². The minimum atomic E-state index is -0.797. The Morgan fingerprint density at radius 2 is 1.88 bits per heavy atom. The number of hydrogen-bond acceptors (Lipinski definition) is 6. The van der Waals surface area contributed by atoms with Gasteiger partial charge in [-0.1, -0.05) is 59.1 Å². The molecule has 0 fully saturated rings. The van der Waals surface area contributed by atoms with E-state index in [0.717, 1.165) is 17.8 Å². The number of nitrogens with zero attached hydrogens (tertiary/aromatic N) is 3. The summed E-state index contributed by atoms with van der Waals surface area (Å²) in [5.74, 6) is -0.502. The van der Waals surface area contributed by atoms with Crippen LogP contribution < -0.4 is 10.3 Å². The average Bonchev–Trinajstić information content (AvgIpc) is 3.33. The SMILES string of the molecule is CCCc1nnc(N2C(=O)c3oc4ccc(Cl)cc4c(=O)c3C2c2ccc(Cl)c(Cl)c2)s1. The number of halogens is 3. The van der Waals surface area contributed by atoms with Crippen LogP contribution in [0.5, 0.6) is 0 Å². The third-order valence-corrected chi connectivity index (χ3v) is 7.17. The lowest BCUT2D eigenvalue weighted by atomic mass is 9.99. The predicted molar refractivity (Wildman–Crippen MR) is 127 cm³/mol. The van der Waals surface area contributed by atoms with Gasteiger partial charge in [0.25, 0.3) is 5.91 Å². The molecule has 0 bridgehead atoms. The lowest BCUT2D eigenvalue weighted by molar-refractivity contribution is 0.0970. The van der Waals surface area contributed by atoms with Gasteiger partial charge in [-0.3, -0.25) is 14.5 Å². The van der Waals surface area contributed by atoms with Crippen molar-refractivity contribution < 1.29 is 9.21 Å². The molecule has 2 aromatic carbocycles. The van der Waals surface area contributed by atoms with Crippen LogP contribution in [0.4, 0.5) is 5.13 Å². The Morgan fingerprint density at radius 1 is 1.06 bits per heavy atom. The first kappa shape index (κ1) is 21.4. The van der Waals surface area contributed by atoms with E-state index in [9.17, 15) is 9.59 Å². The van der Waals surface area contributed by atoms with E-state index in [4.69, 9.17) is 39.2 Å². The molecule has 1 unspecified atom stereocenters. The number of aryl methyl sites for hydroxylation is 1. The molecule has 0 radical (unpaired) electrons. The first-order valence-electron chi connectivity index (χ1n) is 9.76. The molecule has 0 saturated carbocycles. The second kappa shape index (κ2) is 8.15. The van der Waals surface area contributed by atoms with Gasteiger partial charge in [-0.2, -0.15) is 0 Å². The van der Waals surface area contributed by atoms with Gasteiger partial charge in [-0.05, 0) is 42.3 Å². The van der Waals surface area contributed by atoms with Gasteiger partial charge in [0.1, 0.15) is 10.6 Å². The molecule has 1 atom stereocenters. The van der Waals surface area contributed by atoms with Crippen molar-refractivity contribution in [2.45, 2.75) is 25.8 Å². The highest BCUT2D eigenvalue weighted by Crippen LogP contribution is 2.43. The molecule has 5 rings (SSSR count). The molecule has 10 heteroatoms. The summed E-state index contributed by atoms with van der Waals surface area (Å²) in [5.41, 5.74) is 0.752. The largest absolute Gasteiger partial charge is 0.450 e. The van der Waals surface area contributed by atoms with Gasteiger partial charge in [-0.15, -0.1) is 10.2 Å². The van der Waals surface area contributed by atoms with Crippen molar-refractivity contribution in [2.24, 2.45) is 0 Å². The molecule has 4 aromatic rings. The summed E-state index contributed by atoms with van der Waals surface area (Å²) in [7, 11) is 0. The minimum absolute atomic E-state index is 0.0341. The average molecular weight is 507 g/mol. The van der Waals surface area contributed by atoms with Crippen LogP contribution in [-0.2, 0) is 6.42 Å². The van der Waals surface area contributed by atoms with E-state index in [1.54, 1.807) is 30.3 Å². The molecular formula is C22H14Cl3N3O3S. The number of aromatic nitrogens is 2. The lowest BCUT2D eigenvalue weighted by Crippen LogP contribution is -2.29. The molecule has 0 aliphatic carbocycles. The summed E-state index contributed by atoms with van der Waals surface area (Å²) in [6, 6.07) is 8.91. The number of amides is 1. The summed E-state index contributed by atoms with van der Waals surface area (Å²) in [5, 5.41) is 11.0. The third kappa shape index (κ3) is 3.40. The molecule has 0 saturated heterocycles. The molecule has 2 aromatic heterocycles. The van der Waals surface area contributed by atoms with E-state index < -0.39 is 11.9 Å². The standard InChI is InChI=1S/C22H14Cl3N3O3S/c1-2-3-16-26-27-22(32-16)28-18(10-4-6-13(24)14(25)8-10)17-19(29)12-9-11(23)5-7-15(12)31-20(17)21(28)30/h4-9,18H,2-3H2,1H3. The van der Waals surface area contributed by atoms with Crippen molar-refractivity contribution in [3.8, 4) is 0 Å². The number of hydrogen-bond donors (Lipinski definition) is 0. The van der Waals surface area contributed by atoms with Gasteiger partial charge in [-0.25, -0.2) is 0 Å². The summed E-state index contributed by atoms with van der Waals surface area (Å²) < 4.78 is 5.91. The van der Waals surface area contributed by atoms with Crippen molar-refractivity contribution in [3.05, 3.63) is 83.6 Å². The van der Waals surface area contributed by atoms with Crippen LogP contribution in [-0.4, -0.2) is 16.1 Å². The number of anilines is 1. The van der Waals surface area contributed by atoms with Crippen molar-refractivity contribution in [1.29, 1.82) is 0 Å². The van der Waals surface area contributed by atoms with E-state index >= 15 is 0 Å². The zero-order valence-electron chi connectivity index (χ0n) is 16.6. The second-order valence-corrected chi connectivity index (χ2v) is 9.59. The maximum atomic E-state index is 13.5. The fourth-order valence-corrected chi connectivity index (χ4v) is 5.24. The van der Waals surface area contributed by atoms with Gasteiger partial charge in [0.2, 0.25) is 10.9 Å². The number of carbonyl (C=O) groups excluding carboxylic acids is 1. The first-order chi connectivity index (χ1) is 15.4. The summed E-state index contributed by atoms with van der Waals surface area (Å²) in [6.07, 6.45) is 1.63. The van der Waals surface area contributed by atoms with Crippen LogP contribution in [0, 0.1) is 0 Å². The number of benzene rings is 2. The minimum Gasteiger partial charge on any atom is -0.450 e. The molecule has 1 aliphatic rings. The van der Waals surface area contributed by atoms with Crippen LogP contribution >= 0.6 is 46.1 Å². The Hall–Kier alpha value is -2.45. The maximum absolute atomic E-state index is 13.5. The highest BCUT2D eigenvalue weighted by atomic mass is 35.5. The predicted octanol–water partition coefficient (Wildman–Crippen LogP) is 6.31. The van der Waals surface area contributed by atoms with E-state index in [-0.39, 0.29) is 22.3 Å². The second-order valence-electron chi connectivity index (χ2n) is 7.29. The smallest absolute Gasteiger partial charge is 0.297 e. The van der Waals surface area contributed by atoms with Gasteiger partial charge in [0.05, 0.1) is 27.0 Å².